The quantitative estimate of drug-likeness (QED) is 0.575. The van der Waals surface area contributed by atoms with Crippen molar-refractivity contribution < 1.29 is 36.2 Å². The third-order valence-corrected chi connectivity index (χ3v) is 8.11. The molecule has 0 unspecified atom stereocenters. The maximum absolute atomic E-state index is 12.8. The van der Waals surface area contributed by atoms with E-state index >= 15 is 0 Å². The Labute approximate surface area is 207 Å². The molecule has 2 aliphatic rings. The van der Waals surface area contributed by atoms with Gasteiger partial charge in [-0.15, -0.1) is 0 Å². The highest BCUT2D eigenvalue weighted by Crippen LogP contribution is 2.49. The van der Waals surface area contributed by atoms with Crippen LogP contribution in [0.4, 0.5) is 18.9 Å². The Hall–Kier alpha value is -2.83. The molecule has 0 radical (unpaired) electrons. The fraction of sp³-hybridized carbons (Fsp3) is 0.458. The van der Waals surface area contributed by atoms with Gasteiger partial charge in [0.05, 0.1) is 12.0 Å². The molecule has 196 valence electrons. The van der Waals surface area contributed by atoms with Crippen LogP contribution in [-0.2, 0) is 21.4 Å². The summed E-state index contributed by atoms with van der Waals surface area (Å²) in [6.45, 7) is 2.52. The van der Waals surface area contributed by atoms with Gasteiger partial charge in [0, 0.05) is 44.3 Å². The largest absolute Gasteiger partial charge is 0.497 e. The van der Waals surface area contributed by atoms with Crippen molar-refractivity contribution in [3.05, 3.63) is 54.1 Å². The lowest BCUT2D eigenvalue weighted by Crippen LogP contribution is -2.60. The number of anilines is 1. The normalized spacial score (nSPS) is 23.1. The SMILES string of the molecule is COc1ccc(S(=O)(=O)Nc2ccc(CN3CCN(C(=O)C4CC(O)(C(F)(F)F)C4)CC3)cc2)cc1. The first-order valence-corrected chi connectivity index (χ1v) is 12.9. The number of hydrogen-bond donors (Lipinski definition) is 2. The second-order valence-corrected chi connectivity index (χ2v) is 10.9. The third kappa shape index (κ3) is 5.60. The van der Waals surface area contributed by atoms with E-state index in [1.807, 2.05) is 12.1 Å². The minimum atomic E-state index is -4.71. The molecule has 4 rings (SSSR count). The summed E-state index contributed by atoms with van der Waals surface area (Å²) in [6.07, 6.45) is -5.87. The van der Waals surface area contributed by atoms with Crippen LogP contribution in [0.15, 0.2) is 53.4 Å². The number of halogens is 3. The summed E-state index contributed by atoms with van der Waals surface area (Å²) in [7, 11) is -2.24. The number of nitrogens with zero attached hydrogens (tertiary/aromatic N) is 2. The molecular formula is C24H28F3N3O5S. The summed E-state index contributed by atoms with van der Waals surface area (Å²) < 4.78 is 71.2. The van der Waals surface area contributed by atoms with Crippen LogP contribution < -0.4 is 9.46 Å². The number of carbonyl (C=O) groups is 1. The number of sulfonamides is 1. The third-order valence-electron chi connectivity index (χ3n) is 6.71. The predicted molar refractivity (Wildman–Crippen MR) is 126 cm³/mol. The van der Waals surface area contributed by atoms with E-state index in [0.29, 0.717) is 44.2 Å². The highest BCUT2D eigenvalue weighted by molar-refractivity contribution is 7.92. The highest BCUT2D eigenvalue weighted by Gasteiger charge is 2.63. The lowest BCUT2D eigenvalue weighted by Gasteiger charge is -2.46. The van der Waals surface area contributed by atoms with E-state index in [0.717, 1.165) is 5.56 Å². The van der Waals surface area contributed by atoms with Crippen molar-refractivity contribution >= 4 is 21.6 Å². The van der Waals surface area contributed by atoms with E-state index in [-0.39, 0.29) is 10.8 Å². The number of methoxy groups -OCH3 is 1. The Balaban J connectivity index is 1.25. The molecule has 2 fully saturated rings. The Morgan fingerprint density at radius 2 is 1.64 bits per heavy atom. The van der Waals surface area contributed by atoms with E-state index in [4.69, 9.17) is 4.74 Å². The second kappa shape index (κ2) is 9.91. The minimum absolute atomic E-state index is 0.116. The maximum Gasteiger partial charge on any atom is 0.417 e. The number of amides is 1. The number of carbonyl (C=O) groups excluding carboxylic acids is 1. The van der Waals surface area contributed by atoms with Gasteiger partial charge < -0.3 is 14.7 Å². The van der Waals surface area contributed by atoms with Crippen molar-refractivity contribution in [3.63, 3.8) is 0 Å². The lowest BCUT2D eigenvalue weighted by molar-refractivity contribution is -0.296. The van der Waals surface area contributed by atoms with Gasteiger partial charge in [0.2, 0.25) is 5.91 Å². The highest BCUT2D eigenvalue weighted by atomic mass is 32.2. The molecule has 2 aromatic carbocycles. The molecule has 1 saturated carbocycles. The Bertz CT molecular complexity index is 1170. The Morgan fingerprint density at radius 1 is 1.06 bits per heavy atom. The lowest BCUT2D eigenvalue weighted by atomic mass is 9.69. The number of aliphatic hydroxyl groups is 1. The molecule has 1 aliphatic heterocycles. The fourth-order valence-corrected chi connectivity index (χ4v) is 5.51. The summed E-state index contributed by atoms with van der Waals surface area (Å²) in [5.74, 6) is -0.574. The first-order valence-electron chi connectivity index (χ1n) is 11.5. The van der Waals surface area contributed by atoms with E-state index in [1.54, 1.807) is 29.2 Å². The van der Waals surface area contributed by atoms with Crippen LogP contribution in [0, 0.1) is 5.92 Å². The van der Waals surface area contributed by atoms with Gasteiger partial charge in [-0.1, -0.05) is 12.1 Å². The molecule has 36 heavy (non-hydrogen) atoms. The van der Waals surface area contributed by atoms with Crippen LogP contribution in [0.5, 0.6) is 5.75 Å². The van der Waals surface area contributed by atoms with Crippen LogP contribution in [0.25, 0.3) is 0 Å². The summed E-state index contributed by atoms with van der Waals surface area (Å²) in [5, 5.41) is 9.58. The van der Waals surface area contributed by atoms with Gasteiger partial charge in [0.25, 0.3) is 10.0 Å². The average molecular weight is 528 g/mol. The van der Waals surface area contributed by atoms with Gasteiger partial charge in [-0.25, -0.2) is 8.42 Å². The predicted octanol–water partition coefficient (Wildman–Crippen LogP) is 2.84. The Kier molecular flexibility index (Phi) is 7.22. The van der Waals surface area contributed by atoms with Gasteiger partial charge >= 0.3 is 6.18 Å². The van der Waals surface area contributed by atoms with Gasteiger partial charge in [-0.05, 0) is 54.8 Å². The van der Waals surface area contributed by atoms with Crippen LogP contribution in [0.2, 0.25) is 0 Å². The molecule has 1 heterocycles. The second-order valence-electron chi connectivity index (χ2n) is 9.21. The first kappa shape index (κ1) is 26.2. The van der Waals surface area contributed by atoms with E-state index in [1.165, 1.54) is 19.2 Å². The maximum atomic E-state index is 12.8. The molecule has 1 amide bonds. The Morgan fingerprint density at radius 3 is 2.17 bits per heavy atom. The molecule has 12 heteroatoms. The standard InChI is InChI=1S/C24H28F3N3O5S/c1-35-20-6-8-21(9-7-20)36(33,34)28-19-4-2-17(3-5-19)16-29-10-12-30(13-11-29)22(31)18-14-23(32,15-18)24(25,26)27/h2-9,18,28,32H,10-16H2,1H3. The van der Waals surface area contributed by atoms with Crippen molar-refractivity contribution in [2.45, 2.75) is 36.1 Å². The van der Waals surface area contributed by atoms with Crippen molar-refractivity contribution in [3.8, 4) is 5.75 Å². The van der Waals surface area contributed by atoms with E-state index < -0.39 is 40.6 Å². The molecule has 2 N–H and O–H groups in total. The van der Waals surface area contributed by atoms with Gasteiger partial charge in [0.1, 0.15) is 5.75 Å². The summed E-state index contributed by atoms with van der Waals surface area (Å²) >= 11 is 0. The topological polar surface area (TPSA) is 99.2 Å². The van der Waals surface area contributed by atoms with Crippen LogP contribution >= 0.6 is 0 Å². The number of rotatable bonds is 7. The van der Waals surface area contributed by atoms with E-state index in [9.17, 15) is 31.5 Å². The van der Waals surface area contributed by atoms with Crippen LogP contribution in [0.3, 0.4) is 0 Å². The molecule has 0 atom stereocenters. The van der Waals surface area contributed by atoms with E-state index in [2.05, 4.69) is 9.62 Å². The molecule has 0 spiro atoms. The monoisotopic (exact) mass is 527 g/mol. The molecule has 1 saturated heterocycles. The number of hydrogen-bond acceptors (Lipinski definition) is 6. The number of ether oxygens (including phenoxy) is 1. The van der Waals surface area contributed by atoms with Gasteiger partial charge in [-0.3, -0.25) is 14.4 Å². The number of alkyl halides is 3. The summed E-state index contributed by atoms with van der Waals surface area (Å²) in [4.78, 5) is 16.3. The first-order chi connectivity index (χ1) is 16.9. The zero-order valence-corrected chi connectivity index (χ0v) is 20.5. The summed E-state index contributed by atoms with van der Waals surface area (Å²) in [5.41, 5.74) is -1.37. The number of piperazine rings is 1. The molecule has 2 aromatic rings. The van der Waals surface area contributed by atoms with Gasteiger partial charge in [-0.2, -0.15) is 13.2 Å². The van der Waals surface area contributed by atoms with Crippen LogP contribution in [0.1, 0.15) is 18.4 Å². The van der Waals surface area contributed by atoms with Crippen molar-refractivity contribution in [2.24, 2.45) is 5.92 Å². The number of benzene rings is 2. The molecular weight excluding hydrogens is 499 g/mol. The number of nitrogens with one attached hydrogen (secondary N) is 1. The minimum Gasteiger partial charge on any atom is -0.497 e. The van der Waals surface area contributed by atoms with Crippen molar-refractivity contribution in [1.29, 1.82) is 0 Å². The molecule has 0 aromatic heterocycles. The summed E-state index contributed by atoms with van der Waals surface area (Å²) in [6, 6.07) is 13.0. The van der Waals surface area contributed by atoms with Crippen molar-refractivity contribution in [2.75, 3.05) is 38.0 Å². The molecule has 1 aliphatic carbocycles. The van der Waals surface area contributed by atoms with Gasteiger partial charge in [0.15, 0.2) is 5.60 Å². The fourth-order valence-electron chi connectivity index (χ4n) is 4.45. The smallest absolute Gasteiger partial charge is 0.417 e. The zero-order valence-electron chi connectivity index (χ0n) is 19.7. The zero-order chi connectivity index (χ0) is 26.1. The average Bonchev–Trinajstić information content (AvgIpc) is 2.82. The molecule has 0 bridgehead atoms. The van der Waals surface area contributed by atoms with Crippen LogP contribution in [-0.4, -0.2) is 74.3 Å². The van der Waals surface area contributed by atoms with Crippen molar-refractivity contribution in [1.82, 2.24) is 9.80 Å². The molecule has 8 nitrogen and oxygen atoms in total.